The number of nitrogens with one attached hydrogen (secondary N) is 1. The van der Waals surface area contributed by atoms with Crippen LogP contribution in [-0.2, 0) is 23.4 Å². The zero-order valence-corrected chi connectivity index (χ0v) is 28.4. The van der Waals surface area contributed by atoms with E-state index in [1.54, 1.807) is 23.5 Å². The van der Waals surface area contributed by atoms with Crippen LogP contribution in [0.2, 0.25) is 0 Å². The van der Waals surface area contributed by atoms with Crippen LogP contribution in [0.5, 0.6) is 11.5 Å². The van der Waals surface area contributed by atoms with E-state index in [0.29, 0.717) is 42.7 Å². The maximum atomic E-state index is 11.9. The molecule has 3 saturated heterocycles. The van der Waals surface area contributed by atoms with Crippen LogP contribution in [0.15, 0.2) is 60.0 Å². The normalized spacial score (nSPS) is 24.7. The molecule has 2 bridgehead atoms. The van der Waals surface area contributed by atoms with Gasteiger partial charge in [-0.15, -0.1) is 11.3 Å². The first kappa shape index (κ1) is 34.4. The second kappa shape index (κ2) is 15.8. The smallest absolute Gasteiger partial charge is 0.125 e. The Balaban J connectivity index is 0.907. The minimum atomic E-state index is -0.857. The van der Waals surface area contributed by atoms with E-state index < -0.39 is 11.7 Å². The summed E-state index contributed by atoms with van der Waals surface area (Å²) < 4.78 is 13.9. The van der Waals surface area contributed by atoms with Gasteiger partial charge in [-0.1, -0.05) is 37.1 Å². The highest BCUT2D eigenvalue weighted by atomic mass is 32.1. The van der Waals surface area contributed by atoms with Gasteiger partial charge in [-0.25, -0.2) is 0 Å². The standard InChI is InChI=1S/C38H52N2O6S/c41-26-31-23-30(10-13-34(31)42)35(43)24-39-17-14-28-8-11-33(12-9-28)45-21-4-18-40-19-15-29(16-20-40)36(25-40)46-27-38(44,32-5-1-2-6-32)37-7-3-22-47-37/h3,7-13,22-23,29,32,35-36,39,41,43-44H,1-2,4-6,14-21,24-27H2/p+1/t29?,35-,36-,38+,40?/m0/s1. The molecule has 7 rings (SSSR count). The molecular weight excluding hydrogens is 612 g/mol. The van der Waals surface area contributed by atoms with Crippen molar-refractivity contribution in [3.8, 4) is 11.5 Å². The molecule has 0 amide bonds. The van der Waals surface area contributed by atoms with Gasteiger partial charge < -0.3 is 39.7 Å². The van der Waals surface area contributed by atoms with E-state index in [4.69, 9.17) is 9.47 Å². The number of ether oxygens (including phenoxy) is 2. The summed E-state index contributed by atoms with van der Waals surface area (Å²) in [5.74, 6) is 1.84. The van der Waals surface area contributed by atoms with E-state index in [-0.39, 0.29) is 18.5 Å². The third-order valence-electron chi connectivity index (χ3n) is 11.1. The van der Waals surface area contributed by atoms with Crippen LogP contribution in [0.25, 0.3) is 0 Å². The number of quaternary nitrogens is 1. The fourth-order valence-electron chi connectivity index (χ4n) is 8.15. The number of fused-ring (bicyclic) bond motifs is 3. The highest BCUT2D eigenvalue weighted by Crippen LogP contribution is 2.44. The van der Waals surface area contributed by atoms with Gasteiger partial charge in [-0.05, 0) is 78.6 Å². The van der Waals surface area contributed by atoms with Crippen LogP contribution in [0.4, 0.5) is 0 Å². The third-order valence-corrected chi connectivity index (χ3v) is 12.1. The number of thiophene rings is 1. The minimum absolute atomic E-state index is 0.0349. The van der Waals surface area contributed by atoms with Crippen LogP contribution in [0, 0.1) is 11.8 Å². The second-order valence-corrected chi connectivity index (χ2v) is 15.1. The van der Waals surface area contributed by atoms with Gasteiger partial charge in [0.15, 0.2) is 0 Å². The number of aromatic hydroxyl groups is 1. The summed E-state index contributed by atoms with van der Waals surface area (Å²) in [6, 6.07) is 17.2. The first-order valence-electron chi connectivity index (χ1n) is 17.6. The number of aliphatic hydroxyl groups is 3. The summed E-state index contributed by atoms with van der Waals surface area (Å²) in [5, 5.41) is 46.8. The Bertz CT molecular complexity index is 1390. The summed E-state index contributed by atoms with van der Waals surface area (Å²) in [4.78, 5) is 1.07. The van der Waals surface area contributed by atoms with Crippen LogP contribution >= 0.6 is 11.3 Å². The van der Waals surface area contributed by atoms with Crippen LogP contribution in [0.3, 0.4) is 0 Å². The van der Waals surface area contributed by atoms with Gasteiger partial charge in [-0.2, -0.15) is 0 Å². The molecule has 3 aliphatic heterocycles. The SMILES string of the molecule is OCc1cc([C@@H](O)CNCCc2ccc(OCCC[N+]34CCC(CC3)[C@@H](OC[C@](O)(c3cccs3)C3CCCC3)C4)cc2)ccc1O. The summed E-state index contributed by atoms with van der Waals surface area (Å²) in [6.07, 6.45) is 8.37. The van der Waals surface area contributed by atoms with Gasteiger partial charge in [0.1, 0.15) is 29.7 Å². The lowest BCUT2D eigenvalue weighted by molar-refractivity contribution is -0.946. The van der Waals surface area contributed by atoms with Crippen LogP contribution in [-0.4, -0.2) is 83.5 Å². The van der Waals surface area contributed by atoms with Crippen LogP contribution < -0.4 is 10.1 Å². The van der Waals surface area contributed by atoms with Gasteiger partial charge in [0.2, 0.25) is 0 Å². The molecular formula is C38H53N2O6S+. The van der Waals surface area contributed by atoms with E-state index in [9.17, 15) is 20.4 Å². The van der Waals surface area contributed by atoms with Gasteiger partial charge in [0.05, 0.1) is 45.6 Å². The molecule has 1 aromatic heterocycles. The number of piperidine rings is 3. The van der Waals surface area contributed by atoms with Crippen molar-refractivity contribution in [2.45, 2.75) is 75.8 Å². The summed E-state index contributed by atoms with van der Waals surface area (Å²) in [6.45, 7) is 6.57. The van der Waals surface area contributed by atoms with Crippen molar-refractivity contribution in [1.82, 2.24) is 5.32 Å². The Morgan fingerprint density at radius 3 is 2.53 bits per heavy atom. The summed E-state index contributed by atoms with van der Waals surface area (Å²) in [7, 11) is 0. The largest absolute Gasteiger partial charge is 0.508 e. The van der Waals surface area contributed by atoms with Crippen molar-refractivity contribution < 1.29 is 34.4 Å². The molecule has 8 nitrogen and oxygen atoms in total. The van der Waals surface area contributed by atoms with Crippen molar-refractivity contribution in [1.29, 1.82) is 0 Å². The molecule has 3 atom stereocenters. The fourth-order valence-corrected chi connectivity index (χ4v) is 9.04. The second-order valence-electron chi connectivity index (χ2n) is 14.1. The Morgan fingerprint density at radius 1 is 1.02 bits per heavy atom. The summed E-state index contributed by atoms with van der Waals surface area (Å²) >= 11 is 1.67. The number of hydrogen-bond donors (Lipinski definition) is 5. The molecule has 47 heavy (non-hydrogen) atoms. The maximum absolute atomic E-state index is 11.9. The molecule has 3 aromatic rings. The Labute approximate surface area is 283 Å². The predicted octanol–water partition coefficient (Wildman–Crippen LogP) is 5.28. The molecule has 4 fully saturated rings. The lowest BCUT2D eigenvalue weighted by Crippen LogP contribution is -2.64. The monoisotopic (exact) mass is 665 g/mol. The molecule has 0 unspecified atom stereocenters. The molecule has 4 heterocycles. The number of nitrogens with zero attached hydrogens (tertiary/aromatic N) is 1. The minimum Gasteiger partial charge on any atom is -0.508 e. The van der Waals surface area contributed by atoms with E-state index in [1.807, 2.05) is 12.1 Å². The molecule has 9 heteroatoms. The van der Waals surface area contributed by atoms with E-state index in [0.717, 1.165) is 60.4 Å². The Hall–Kier alpha value is -2.50. The number of aliphatic hydroxyl groups excluding tert-OH is 2. The zero-order chi connectivity index (χ0) is 32.7. The van der Waals surface area contributed by atoms with Crippen LogP contribution in [0.1, 0.15) is 72.6 Å². The molecule has 5 N–H and O–H groups in total. The molecule has 2 aromatic carbocycles. The predicted molar refractivity (Wildman–Crippen MR) is 184 cm³/mol. The highest BCUT2D eigenvalue weighted by molar-refractivity contribution is 7.10. The number of phenols is 1. The van der Waals surface area contributed by atoms with Crippen molar-refractivity contribution in [3.05, 3.63) is 81.5 Å². The Morgan fingerprint density at radius 2 is 1.81 bits per heavy atom. The topological polar surface area (TPSA) is 111 Å². The van der Waals surface area contributed by atoms with Crippen molar-refractivity contribution in [2.75, 3.05) is 52.5 Å². The summed E-state index contributed by atoms with van der Waals surface area (Å²) in [5.41, 5.74) is 1.42. The van der Waals surface area contributed by atoms with Crippen molar-refractivity contribution in [2.24, 2.45) is 11.8 Å². The maximum Gasteiger partial charge on any atom is 0.125 e. The zero-order valence-electron chi connectivity index (χ0n) is 27.6. The van der Waals surface area contributed by atoms with Gasteiger partial charge in [-0.3, -0.25) is 0 Å². The highest BCUT2D eigenvalue weighted by Gasteiger charge is 2.48. The molecule has 0 radical (unpaired) electrons. The fraction of sp³-hybridized carbons (Fsp3) is 0.579. The lowest BCUT2D eigenvalue weighted by Gasteiger charge is -2.53. The molecule has 0 spiro atoms. The lowest BCUT2D eigenvalue weighted by atomic mass is 9.82. The first-order valence-corrected chi connectivity index (χ1v) is 18.5. The van der Waals surface area contributed by atoms with E-state index >= 15 is 0 Å². The number of benzene rings is 2. The molecule has 256 valence electrons. The third kappa shape index (κ3) is 8.39. The molecule has 1 aliphatic carbocycles. The van der Waals surface area contributed by atoms with Gasteiger partial charge in [0, 0.05) is 42.2 Å². The van der Waals surface area contributed by atoms with Crippen molar-refractivity contribution >= 4 is 11.3 Å². The molecule has 1 saturated carbocycles. The average molecular weight is 666 g/mol. The molecule has 4 aliphatic rings. The van der Waals surface area contributed by atoms with E-state index in [1.165, 1.54) is 50.4 Å². The Kier molecular flexibility index (Phi) is 11.6. The van der Waals surface area contributed by atoms with Crippen molar-refractivity contribution in [3.63, 3.8) is 0 Å². The van der Waals surface area contributed by atoms with E-state index in [2.05, 4.69) is 35.0 Å². The average Bonchev–Trinajstić information content (AvgIpc) is 3.85. The number of hydrogen-bond acceptors (Lipinski definition) is 8. The van der Waals surface area contributed by atoms with Gasteiger partial charge >= 0.3 is 0 Å². The van der Waals surface area contributed by atoms with Gasteiger partial charge in [0.25, 0.3) is 0 Å². The first-order chi connectivity index (χ1) is 22.9. The quantitative estimate of drug-likeness (QED) is 0.0986. The number of rotatable bonds is 17.